The van der Waals surface area contributed by atoms with Crippen molar-refractivity contribution in [3.8, 4) is 17.2 Å². The van der Waals surface area contributed by atoms with Gasteiger partial charge in [-0.25, -0.2) is 4.79 Å². The Morgan fingerprint density at radius 3 is 2.30 bits per heavy atom. The Bertz CT molecular complexity index is 1100. The Morgan fingerprint density at radius 1 is 0.833 bits per heavy atom. The van der Waals surface area contributed by atoms with E-state index < -0.39 is 5.97 Å². The van der Waals surface area contributed by atoms with Crippen molar-refractivity contribution in [1.82, 2.24) is 0 Å². The zero-order chi connectivity index (χ0) is 21.5. The third-order valence-electron chi connectivity index (χ3n) is 4.30. The van der Waals surface area contributed by atoms with Gasteiger partial charge in [-0.2, -0.15) is 0 Å². The van der Waals surface area contributed by atoms with Crippen molar-refractivity contribution in [2.24, 2.45) is 0 Å². The molecule has 0 amide bonds. The van der Waals surface area contributed by atoms with E-state index in [1.165, 1.54) is 13.2 Å². The minimum absolute atomic E-state index is 0.249. The summed E-state index contributed by atoms with van der Waals surface area (Å²) in [7, 11) is 3.04. The van der Waals surface area contributed by atoms with Crippen molar-refractivity contribution in [3.63, 3.8) is 0 Å². The molecule has 0 aliphatic carbocycles. The fraction of sp³-hybridized carbons (Fsp3) is 0.0833. The van der Waals surface area contributed by atoms with E-state index in [-0.39, 0.29) is 5.78 Å². The Morgan fingerprint density at radius 2 is 1.57 bits per heavy atom. The Balaban J connectivity index is 1.83. The molecule has 0 aromatic heterocycles. The largest absolute Gasteiger partial charge is 0.497 e. The number of carbonyl (C=O) groups is 2. The zero-order valence-corrected chi connectivity index (χ0v) is 18.0. The summed E-state index contributed by atoms with van der Waals surface area (Å²) in [6, 6.07) is 19.0. The number of esters is 1. The zero-order valence-electron chi connectivity index (χ0n) is 16.4. The van der Waals surface area contributed by atoms with Crippen molar-refractivity contribution in [2.75, 3.05) is 14.2 Å². The third kappa shape index (κ3) is 4.96. The smallest absolute Gasteiger partial charge is 0.344 e. The van der Waals surface area contributed by atoms with Crippen molar-refractivity contribution in [3.05, 3.63) is 94.0 Å². The molecule has 0 saturated carbocycles. The van der Waals surface area contributed by atoms with E-state index in [0.717, 1.165) is 0 Å². The summed E-state index contributed by atoms with van der Waals surface area (Å²) in [5.41, 5.74) is 1.41. The van der Waals surface area contributed by atoms with Crippen LogP contribution in [-0.2, 0) is 0 Å². The summed E-state index contributed by atoms with van der Waals surface area (Å²) in [6.45, 7) is 0. The van der Waals surface area contributed by atoms with Crippen LogP contribution >= 0.6 is 15.9 Å². The van der Waals surface area contributed by atoms with Gasteiger partial charge in [0.1, 0.15) is 17.2 Å². The molecule has 0 heterocycles. The summed E-state index contributed by atoms with van der Waals surface area (Å²) in [4.78, 5) is 25.2. The van der Waals surface area contributed by atoms with Gasteiger partial charge in [0.05, 0.1) is 25.3 Å². The molecule has 3 rings (SSSR count). The highest BCUT2D eigenvalue weighted by Crippen LogP contribution is 2.27. The number of halogens is 1. The van der Waals surface area contributed by atoms with Gasteiger partial charge in [-0.3, -0.25) is 4.79 Å². The molecular formula is C24H19BrO5. The molecule has 0 saturated heterocycles. The predicted molar refractivity (Wildman–Crippen MR) is 118 cm³/mol. The summed E-state index contributed by atoms with van der Waals surface area (Å²) in [5, 5.41) is 0. The molecular weight excluding hydrogens is 448 g/mol. The molecule has 3 aromatic rings. The maximum absolute atomic E-state index is 12.7. The maximum Gasteiger partial charge on any atom is 0.344 e. The molecule has 0 aliphatic rings. The van der Waals surface area contributed by atoms with E-state index >= 15 is 0 Å². The average molecular weight is 467 g/mol. The van der Waals surface area contributed by atoms with Gasteiger partial charge in [-0.15, -0.1) is 0 Å². The average Bonchev–Trinajstić information content (AvgIpc) is 2.78. The number of hydrogen-bond acceptors (Lipinski definition) is 5. The number of rotatable bonds is 7. The van der Waals surface area contributed by atoms with Crippen LogP contribution in [0.5, 0.6) is 17.2 Å². The first-order valence-corrected chi connectivity index (χ1v) is 9.83. The van der Waals surface area contributed by atoms with E-state index in [9.17, 15) is 9.59 Å². The fourth-order valence-electron chi connectivity index (χ4n) is 2.75. The first kappa shape index (κ1) is 21.3. The number of para-hydroxylation sites is 1. The highest BCUT2D eigenvalue weighted by Gasteiger charge is 2.14. The lowest BCUT2D eigenvalue weighted by atomic mass is 10.1. The summed E-state index contributed by atoms with van der Waals surface area (Å²) >= 11 is 3.35. The predicted octanol–water partition coefficient (Wildman–Crippen LogP) is 5.58. The van der Waals surface area contributed by atoms with Crippen LogP contribution in [0, 0.1) is 0 Å². The SMILES string of the molecule is COc1ccc(C(=O)/C=C/c2ccccc2OC(=O)c2ccccc2Br)c(OC)c1. The molecule has 0 unspecified atom stereocenters. The van der Waals surface area contributed by atoms with Crippen molar-refractivity contribution in [1.29, 1.82) is 0 Å². The van der Waals surface area contributed by atoms with Gasteiger partial charge in [0.25, 0.3) is 0 Å². The molecule has 0 aliphatic heterocycles. The van der Waals surface area contributed by atoms with Crippen LogP contribution in [0.2, 0.25) is 0 Å². The number of methoxy groups -OCH3 is 2. The van der Waals surface area contributed by atoms with Gasteiger partial charge in [0, 0.05) is 16.1 Å². The third-order valence-corrected chi connectivity index (χ3v) is 5.00. The number of benzene rings is 3. The first-order chi connectivity index (χ1) is 14.5. The lowest BCUT2D eigenvalue weighted by molar-refractivity contribution is 0.0733. The second kappa shape index (κ2) is 9.89. The summed E-state index contributed by atoms with van der Waals surface area (Å²) in [6.07, 6.45) is 3.02. The van der Waals surface area contributed by atoms with Crippen LogP contribution < -0.4 is 14.2 Å². The van der Waals surface area contributed by atoms with Gasteiger partial charge in [-0.1, -0.05) is 30.3 Å². The number of allylic oxidation sites excluding steroid dienone is 1. The van der Waals surface area contributed by atoms with Gasteiger partial charge in [0.15, 0.2) is 5.78 Å². The van der Waals surface area contributed by atoms with Crippen LogP contribution in [0.15, 0.2) is 77.3 Å². The van der Waals surface area contributed by atoms with Gasteiger partial charge in [0.2, 0.25) is 0 Å². The van der Waals surface area contributed by atoms with E-state index in [0.29, 0.717) is 38.4 Å². The second-order valence-electron chi connectivity index (χ2n) is 6.17. The van der Waals surface area contributed by atoms with Crippen LogP contribution in [-0.4, -0.2) is 26.0 Å². The molecule has 0 atom stereocenters. The molecule has 0 spiro atoms. The normalized spacial score (nSPS) is 10.6. The molecule has 30 heavy (non-hydrogen) atoms. The summed E-state index contributed by atoms with van der Waals surface area (Å²) < 4.78 is 16.6. The molecule has 152 valence electrons. The van der Waals surface area contributed by atoms with E-state index in [2.05, 4.69) is 15.9 Å². The highest BCUT2D eigenvalue weighted by atomic mass is 79.9. The van der Waals surface area contributed by atoms with E-state index in [1.54, 1.807) is 73.8 Å². The van der Waals surface area contributed by atoms with Crippen LogP contribution in [0.1, 0.15) is 26.3 Å². The number of ketones is 1. The van der Waals surface area contributed by atoms with Gasteiger partial charge in [-0.05, 0) is 58.4 Å². The molecule has 0 N–H and O–H groups in total. The second-order valence-corrected chi connectivity index (χ2v) is 7.03. The molecule has 0 fully saturated rings. The molecule has 0 radical (unpaired) electrons. The quantitative estimate of drug-likeness (QED) is 0.197. The lowest BCUT2D eigenvalue weighted by Gasteiger charge is -2.09. The molecule has 5 nitrogen and oxygen atoms in total. The van der Waals surface area contributed by atoms with Crippen molar-refractivity contribution in [2.45, 2.75) is 0 Å². The van der Waals surface area contributed by atoms with Crippen LogP contribution in [0.4, 0.5) is 0 Å². The minimum atomic E-state index is -0.494. The Hall–Kier alpha value is -3.38. The maximum atomic E-state index is 12.7. The van der Waals surface area contributed by atoms with Crippen molar-refractivity contribution < 1.29 is 23.8 Å². The van der Waals surface area contributed by atoms with Gasteiger partial charge >= 0.3 is 5.97 Å². The number of carbonyl (C=O) groups excluding carboxylic acids is 2. The monoisotopic (exact) mass is 466 g/mol. The van der Waals surface area contributed by atoms with E-state index in [1.807, 2.05) is 6.07 Å². The lowest BCUT2D eigenvalue weighted by Crippen LogP contribution is -2.10. The number of ether oxygens (including phenoxy) is 3. The molecule has 3 aromatic carbocycles. The summed E-state index contributed by atoms with van der Waals surface area (Å²) in [5.74, 6) is 0.617. The Kier molecular flexibility index (Phi) is 7.03. The van der Waals surface area contributed by atoms with E-state index in [4.69, 9.17) is 14.2 Å². The first-order valence-electron chi connectivity index (χ1n) is 9.03. The van der Waals surface area contributed by atoms with Crippen LogP contribution in [0.25, 0.3) is 6.08 Å². The van der Waals surface area contributed by atoms with Crippen molar-refractivity contribution >= 4 is 33.8 Å². The Labute approximate surface area is 183 Å². The topological polar surface area (TPSA) is 61.8 Å². The highest BCUT2D eigenvalue weighted by molar-refractivity contribution is 9.10. The van der Waals surface area contributed by atoms with Gasteiger partial charge < -0.3 is 14.2 Å². The standard InChI is InChI=1S/C24H19BrO5/c1-28-17-12-13-19(23(15-17)29-2)21(26)14-11-16-7-3-6-10-22(16)30-24(27)18-8-4-5-9-20(18)25/h3-15H,1-2H3/b14-11+. The molecule has 6 heteroatoms. The minimum Gasteiger partial charge on any atom is -0.497 e. The molecule has 0 bridgehead atoms. The fourth-order valence-corrected chi connectivity index (χ4v) is 3.20. The number of hydrogen-bond donors (Lipinski definition) is 0. The van der Waals surface area contributed by atoms with Crippen LogP contribution in [0.3, 0.4) is 0 Å².